The Balaban J connectivity index is 1.59. The van der Waals surface area contributed by atoms with Crippen LogP contribution in [0.15, 0.2) is 48.5 Å². The van der Waals surface area contributed by atoms with Gasteiger partial charge in [-0.05, 0) is 59.0 Å². The molecule has 0 bridgehead atoms. The highest BCUT2D eigenvalue weighted by molar-refractivity contribution is 14.1. The first-order valence-corrected chi connectivity index (χ1v) is 8.71. The van der Waals surface area contributed by atoms with Gasteiger partial charge < -0.3 is 10.2 Å². The highest BCUT2D eigenvalue weighted by atomic mass is 127. The summed E-state index contributed by atoms with van der Waals surface area (Å²) in [5.74, 6) is -0.414. The molecule has 1 aliphatic rings. The van der Waals surface area contributed by atoms with Gasteiger partial charge in [-0.25, -0.2) is 4.39 Å². The molecule has 1 N–H and O–H groups in total. The van der Waals surface area contributed by atoms with E-state index in [9.17, 15) is 14.0 Å². The smallest absolute Gasteiger partial charge is 0.252 e. The number of rotatable bonds is 4. The summed E-state index contributed by atoms with van der Waals surface area (Å²) in [7, 11) is 0. The number of nitrogens with one attached hydrogen (secondary N) is 1. The molecule has 2 aromatic carbocycles. The van der Waals surface area contributed by atoms with Crippen LogP contribution in [0.3, 0.4) is 0 Å². The first-order chi connectivity index (χ1) is 11.5. The molecular formula is C18H16FIN2O2. The van der Waals surface area contributed by atoms with E-state index in [0.717, 1.165) is 3.57 Å². The van der Waals surface area contributed by atoms with Crippen LogP contribution < -0.4 is 10.2 Å². The van der Waals surface area contributed by atoms with Crippen LogP contribution in [0.5, 0.6) is 0 Å². The van der Waals surface area contributed by atoms with E-state index >= 15 is 0 Å². The summed E-state index contributed by atoms with van der Waals surface area (Å²) in [6.45, 7) is 0.962. The van der Waals surface area contributed by atoms with Crippen molar-refractivity contribution in [3.63, 3.8) is 0 Å². The molecule has 4 nitrogen and oxygen atoms in total. The fourth-order valence-corrected chi connectivity index (χ4v) is 3.40. The third kappa shape index (κ3) is 3.75. The number of amides is 2. The molecule has 124 valence electrons. The van der Waals surface area contributed by atoms with Crippen molar-refractivity contribution in [1.29, 1.82) is 0 Å². The Morgan fingerprint density at radius 1 is 1.21 bits per heavy atom. The third-order valence-electron chi connectivity index (χ3n) is 4.01. The van der Waals surface area contributed by atoms with Crippen LogP contribution in [-0.2, 0) is 4.79 Å². The van der Waals surface area contributed by atoms with E-state index in [1.165, 1.54) is 12.1 Å². The van der Waals surface area contributed by atoms with Crippen LogP contribution in [0.4, 0.5) is 10.1 Å². The Labute approximate surface area is 153 Å². The SMILES string of the molecule is O=C(NC[C@@H]1CC(=O)N(c2ccc(F)cc2)C1)c1ccccc1I. The molecule has 0 saturated carbocycles. The number of halogens is 2. The second-order valence-electron chi connectivity index (χ2n) is 5.74. The lowest BCUT2D eigenvalue weighted by Gasteiger charge is -2.17. The summed E-state index contributed by atoms with van der Waals surface area (Å²) in [4.78, 5) is 26.0. The number of hydrogen-bond donors (Lipinski definition) is 1. The van der Waals surface area contributed by atoms with E-state index in [2.05, 4.69) is 27.9 Å². The van der Waals surface area contributed by atoms with E-state index in [1.807, 2.05) is 18.2 Å². The molecule has 0 spiro atoms. The van der Waals surface area contributed by atoms with Crippen LogP contribution in [0.2, 0.25) is 0 Å². The van der Waals surface area contributed by atoms with E-state index < -0.39 is 0 Å². The van der Waals surface area contributed by atoms with E-state index in [1.54, 1.807) is 23.1 Å². The minimum absolute atomic E-state index is 0.00449. The summed E-state index contributed by atoms with van der Waals surface area (Å²) in [5, 5.41) is 2.90. The zero-order valence-corrected chi connectivity index (χ0v) is 15.0. The van der Waals surface area contributed by atoms with Crippen LogP contribution in [0.1, 0.15) is 16.8 Å². The fraction of sp³-hybridized carbons (Fsp3) is 0.222. The van der Waals surface area contributed by atoms with Crippen LogP contribution in [0, 0.1) is 15.3 Å². The summed E-state index contributed by atoms with van der Waals surface area (Å²) in [6, 6.07) is 13.2. The predicted molar refractivity (Wildman–Crippen MR) is 98.4 cm³/mol. The second-order valence-corrected chi connectivity index (χ2v) is 6.90. The van der Waals surface area contributed by atoms with E-state index in [0.29, 0.717) is 30.8 Å². The van der Waals surface area contributed by atoms with Gasteiger partial charge >= 0.3 is 0 Å². The first-order valence-electron chi connectivity index (χ1n) is 7.63. The van der Waals surface area contributed by atoms with Crippen molar-refractivity contribution in [2.24, 2.45) is 5.92 Å². The van der Waals surface area contributed by atoms with Crippen molar-refractivity contribution >= 4 is 40.1 Å². The van der Waals surface area contributed by atoms with Gasteiger partial charge in [0.15, 0.2) is 0 Å². The van der Waals surface area contributed by atoms with Gasteiger partial charge in [0.1, 0.15) is 5.82 Å². The lowest BCUT2D eigenvalue weighted by molar-refractivity contribution is -0.117. The summed E-state index contributed by atoms with van der Waals surface area (Å²) < 4.78 is 13.9. The molecular weight excluding hydrogens is 422 g/mol. The van der Waals surface area contributed by atoms with Crippen molar-refractivity contribution in [1.82, 2.24) is 5.32 Å². The molecule has 0 aromatic heterocycles. The topological polar surface area (TPSA) is 49.4 Å². The maximum Gasteiger partial charge on any atom is 0.252 e. The van der Waals surface area contributed by atoms with Crippen molar-refractivity contribution in [3.8, 4) is 0 Å². The molecule has 2 amide bonds. The van der Waals surface area contributed by atoms with Gasteiger partial charge in [0.25, 0.3) is 5.91 Å². The van der Waals surface area contributed by atoms with Crippen LogP contribution >= 0.6 is 22.6 Å². The van der Waals surface area contributed by atoms with Crippen LogP contribution in [0.25, 0.3) is 0 Å². The number of carbonyl (C=O) groups excluding carboxylic acids is 2. The zero-order chi connectivity index (χ0) is 17.1. The quantitative estimate of drug-likeness (QED) is 0.746. The van der Waals surface area contributed by atoms with Crippen molar-refractivity contribution in [3.05, 3.63) is 63.5 Å². The molecule has 6 heteroatoms. The van der Waals surface area contributed by atoms with Gasteiger partial charge in [0, 0.05) is 34.7 Å². The molecule has 0 radical (unpaired) electrons. The Bertz CT molecular complexity index is 764. The Morgan fingerprint density at radius 3 is 2.62 bits per heavy atom. The molecule has 1 aliphatic heterocycles. The van der Waals surface area contributed by atoms with Gasteiger partial charge in [-0.15, -0.1) is 0 Å². The number of carbonyl (C=O) groups is 2. The van der Waals surface area contributed by atoms with E-state index in [4.69, 9.17) is 0 Å². The Morgan fingerprint density at radius 2 is 1.92 bits per heavy atom. The molecule has 2 aromatic rings. The largest absolute Gasteiger partial charge is 0.352 e. The van der Waals surface area contributed by atoms with Gasteiger partial charge in [0.2, 0.25) is 5.91 Å². The molecule has 1 heterocycles. The number of hydrogen-bond acceptors (Lipinski definition) is 2. The average molecular weight is 438 g/mol. The monoisotopic (exact) mass is 438 g/mol. The number of anilines is 1. The fourth-order valence-electron chi connectivity index (χ4n) is 2.77. The highest BCUT2D eigenvalue weighted by Gasteiger charge is 2.30. The van der Waals surface area contributed by atoms with Crippen LogP contribution in [-0.4, -0.2) is 24.9 Å². The minimum atomic E-state index is -0.327. The normalized spacial score (nSPS) is 17.2. The molecule has 1 saturated heterocycles. The standard InChI is InChI=1S/C18H16FIN2O2/c19-13-5-7-14(8-6-13)22-11-12(9-17(22)23)10-21-18(24)15-3-1-2-4-16(15)20/h1-8,12H,9-11H2,(H,21,24)/t12-/m0/s1. The van der Waals surface area contributed by atoms with Gasteiger partial charge in [-0.2, -0.15) is 0 Å². The lowest BCUT2D eigenvalue weighted by atomic mass is 10.1. The maximum absolute atomic E-state index is 13.0. The molecule has 3 rings (SSSR count). The molecule has 0 unspecified atom stereocenters. The third-order valence-corrected chi connectivity index (χ3v) is 4.95. The van der Waals surface area contributed by atoms with Gasteiger partial charge in [-0.3, -0.25) is 9.59 Å². The second kappa shape index (κ2) is 7.29. The van der Waals surface area contributed by atoms with Crippen molar-refractivity contribution in [2.45, 2.75) is 6.42 Å². The van der Waals surface area contributed by atoms with Crippen molar-refractivity contribution < 1.29 is 14.0 Å². The predicted octanol–water partition coefficient (Wildman–Crippen LogP) is 3.21. The molecule has 24 heavy (non-hydrogen) atoms. The first kappa shape index (κ1) is 16.9. The Kier molecular flexibility index (Phi) is 5.13. The van der Waals surface area contributed by atoms with Gasteiger partial charge in [0.05, 0.1) is 5.56 Å². The molecule has 0 aliphatic carbocycles. The Hall–Kier alpha value is -1.96. The maximum atomic E-state index is 13.0. The van der Waals surface area contributed by atoms with Crippen molar-refractivity contribution in [2.75, 3.05) is 18.0 Å². The number of nitrogens with zero attached hydrogens (tertiary/aromatic N) is 1. The molecule has 1 atom stereocenters. The summed E-state index contributed by atoms with van der Waals surface area (Å²) >= 11 is 2.13. The van der Waals surface area contributed by atoms with Gasteiger partial charge in [-0.1, -0.05) is 12.1 Å². The average Bonchev–Trinajstić information content (AvgIpc) is 2.95. The van der Waals surface area contributed by atoms with E-state index in [-0.39, 0.29) is 23.5 Å². The zero-order valence-electron chi connectivity index (χ0n) is 12.8. The lowest BCUT2D eigenvalue weighted by Crippen LogP contribution is -2.31. The minimum Gasteiger partial charge on any atom is -0.352 e. The number of benzene rings is 2. The summed E-state index contributed by atoms with van der Waals surface area (Å²) in [6.07, 6.45) is 0.379. The highest BCUT2D eigenvalue weighted by Crippen LogP contribution is 2.25. The molecule has 1 fully saturated rings. The summed E-state index contributed by atoms with van der Waals surface area (Å²) in [5.41, 5.74) is 1.32.